The van der Waals surface area contributed by atoms with Crippen LogP contribution in [0.5, 0.6) is 0 Å². The van der Waals surface area contributed by atoms with Crippen molar-refractivity contribution in [3.63, 3.8) is 0 Å². The van der Waals surface area contributed by atoms with Crippen LogP contribution >= 0.6 is 11.6 Å². The second-order valence-corrected chi connectivity index (χ2v) is 4.59. The lowest BCUT2D eigenvalue weighted by molar-refractivity contribution is 0.0993. The van der Waals surface area contributed by atoms with Crippen LogP contribution in [0.4, 0.5) is 15.8 Å². The van der Waals surface area contributed by atoms with Crippen LogP contribution in [0.25, 0.3) is 0 Å². The molecule has 6 heteroatoms. The van der Waals surface area contributed by atoms with Gasteiger partial charge in [0, 0.05) is 12.1 Å². The number of nitrogens with one attached hydrogen (secondary N) is 1. The average molecular weight is 294 g/mol. The van der Waals surface area contributed by atoms with E-state index in [1.165, 1.54) is 30.1 Å². The van der Waals surface area contributed by atoms with Crippen LogP contribution in [0.3, 0.4) is 0 Å². The van der Waals surface area contributed by atoms with Crippen LogP contribution in [-0.2, 0) is 0 Å². The summed E-state index contributed by atoms with van der Waals surface area (Å²) in [6, 6.07) is 10.7. The predicted octanol–water partition coefficient (Wildman–Crippen LogP) is 3.04. The summed E-state index contributed by atoms with van der Waals surface area (Å²) in [7, 11) is 1.49. The number of benzene rings is 2. The van der Waals surface area contributed by atoms with Crippen molar-refractivity contribution in [2.75, 3.05) is 17.4 Å². The molecular formula is C14H13ClFN3O. The monoisotopic (exact) mass is 293 g/mol. The Labute approximate surface area is 120 Å². The molecule has 0 bridgehead atoms. The highest BCUT2D eigenvalue weighted by Crippen LogP contribution is 2.24. The Morgan fingerprint density at radius 2 is 2.00 bits per heavy atom. The van der Waals surface area contributed by atoms with Gasteiger partial charge in [0.25, 0.3) is 5.91 Å². The van der Waals surface area contributed by atoms with E-state index < -0.39 is 11.7 Å². The lowest BCUT2D eigenvalue weighted by Crippen LogP contribution is -2.28. The Morgan fingerprint density at radius 1 is 1.30 bits per heavy atom. The van der Waals surface area contributed by atoms with E-state index in [9.17, 15) is 9.18 Å². The number of anilines is 2. The van der Waals surface area contributed by atoms with Gasteiger partial charge in [-0.2, -0.15) is 0 Å². The number of amides is 1. The lowest BCUT2D eigenvalue weighted by atomic mass is 10.1. The van der Waals surface area contributed by atoms with Gasteiger partial charge in [-0.15, -0.1) is 0 Å². The molecule has 4 nitrogen and oxygen atoms in total. The van der Waals surface area contributed by atoms with Gasteiger partial charge < -0.3 is 10.3 Å². The average Bonchev–Trinajstić information content (AvgIpc) is 2.46. The molecule has 0 aliphatic heterocycles. The molecule has 104 valence electrons. The number of nitrogens with zero attached hydrogens (tertiary/aromatic N) is 1. The fourth-order valence-corrected chi connectivity index (χ4v) is 2.01. The van der Waals surface area contributed by atoms with Gasteiger partial charge >= 0.3 is 0 Å². The Bertz CT molecular complexity index is 648. The molecule has 0 aliphatic carbocycles. The number of hydrogen-bond acceptors (Lipinski definition) is 3. The van der Waals surface area contributed by atoms with Gasteiger partial charge in [0.15, 0.2) is 0 Å². The topological polar surface area (TPSA) is 58.4 Å². The van der Waals surface area contributed by atoms with Crippen LogP contribution in [0.15, 0.2) is 42.5 Å². The highest BCUT2D eigenvalue weighted by molar-refractivity contribution is 6.31. The van der Waals surface area contributed by atoms with Crippen molar-refractivity contribution in [2.24, 2.45) is 5.84 Å². The molecule has 0 unspecified atom stereocenters. The normalized spacial score (nSPS) is 10.2. The fourth-order valence-electron chi connectivity index (χ4n) is 1.83. The standard InChI is InChI=1S/C14H13ClFN3O/c1-19(13-5-3-2-4-11(13)16)14(20)10-8-9(15)6-7-12(10)18-17/h2-8,18H,17H2,1H3. The lowest BCUT2D eigenvalue weighted by Gasteiger charge is -2.19. The molecule has 2 aromatic carbocycles. The largest absolute Gasteiger partial charge is 0.323 e. The van der Waals surface area contributed by atoms with Crippen molar-refractivity contribution in [1.29, 1.82) is 0 Å². The molecule has 0 atom stereocenters. The predicted molar refractivity (Wildman–Crippen MR) is 78.4 cm³/mol. The van der Waals surface area contributed by atoms with Crippen LogP contribution in [0.1, 0.15) is 10.4 Å². The summed E-state index contributed by atoms with van der Waals surface area (Å²) < 4.78 is 13.7. The molecule has 0 heterocycles. The Balaban J connectivity index is 2.41. The number of hydrazine groups is 1. The number of carbonyl (C=O) groups excluding carboxylic acids is 1. The molecule has 0 fully saturated rings. The first kappa shape index (κ1) is 14.3. The Hall–Kier alpha value is -2.11. The smallest absolute Gasteiger partial charge is 0.260 e. The molecule has 0 saturated carbocycles. The van der Waals surface area contributed by atoms with E-state index >= 15 is 0 Å². The van der Waals surface area contributed by atoms with Crippen molar-refractivity contribution in [1.82, 2.24) is 0 Å². The van der Waals surface area contributed by atoms with Crippen LogP contribution in [-0.4, -0.2) is 13.0 Å². The quantitative estimate of drug-likeness (QED) is 0.675. The van der Waals surface area contributed by atoms with Crippen LogP contribution in [0.2, 0.25) is 5.02 Å². The van der Waals surface area contributed by atoms with Crippen molar-refractivity contribution >= 4 is 28.9 Å². The van der Waals surface area contributed by atoms with Crippen molar-refractivity contribution in [3.8, 4) is 0 Å². The summed E-state index contributed by atoms with van der Waals surface area (Å²) in [6.07, 6.45) is 0. The first-order chi connectivity index (χ1) is 9.54. The van der Waals surface area contributed by atoms with E-state index in [-0.39, 0.29) is 11.3 Å². The zero-order chi connectivity index (χ0) is 14.7. The summed E-state index contributed by atoms with van der Waals surface area (Å²) in [5, 5.41) is 0.397. The van der Waals surface area contributed by atoms with E-state index in [1.807, 2.05) is 0 Å². The number of halogens is 2. The zero-order valence-corrected chi connectivity index (χ0v) is 11.5. The van der Waals surface area contributed by atoms with Gasteiger partial charge in [-0.3, -0.25) is 10.6 Å². The van der Waals surface area contributed by atoms with Crippen molar-refractivity contribution < 1.29 is 9.18 Å². The third kappa shape index (κ3) is 2.74. The maximum absolute atomic E-state index is 13.7. The maximum Gasteiger partial charge on any atom is 0.260 e. The molecule has 20 heavy (non-hydrogen) atoms. The zero-order valence-electron chi connectivity index (χ0n) is 10.7. The summed E-state index contributed by atoms with van der Waals surface area (Å²) in [4.78, 5) is 13.6. The fraction of sp³-hybridized carbons (Fsp3) is 0.0714. The molecule has 0 saturated heterocycles. The third-order valence-electron chi connectivity index (χ3n) is 2.89. The molecule has 0 aliphatic rings. The van der Waals surface area contributed by atoms with E-state index in [0.717, 1.165) is 0 Å². The number of nitrogens with two attached hydrogens (primary N) is 1. The van der Waals surface area contributed by atoms with Gasteiger partial charge in [0.2, 0.25) is 0 Å². The van der Waals surface area contributed by atoms with Crippen molar-refractivity contribution in [2.45, 2.75) is 0 Å². The van der Waals surface area contributed by atoms with Crippen LogP contribution < -0.4 is 16.2 Å². The Morgan fingerprint density at radius 3 is 2.65 bits per heavy atom. The number of para-hydroxylation sites is 1. The molecule has 1 amide bonds. The minimum absolute atomic E-state index is 0.181. The van der Waals surface area contributed by atoms with Gasteiger partial charge in [0.1, 0.15) is 5.82 Å². The molecule has 0 aromatic heterocycles. The number of rotatable bonds is 3. The first-order valence-corrected chi connectivity index (χ1v) is 6.21. The highest BCUT2D eigenvalue weighted by Gasteiger charge is 2.19. The molecule has 2 rings (SSSR count). The van der Waals surface area contributed by atoms with Gasteiger partial charge in [-0.1, -0.05) is 23.7 Å². The Kier molecular flexibility index (Phi) is 4.22. The summed E-state index contributed by atoms with van der Waals surface area (Å²) in [6.45, 7) is 0. The number of nitrogen functional groups attached to an aromatic ring is 1. The maximum atomic E-state index is 13.7. The summed E-state index contributed by atoms with van der Waals surface area (Å²) in [5.41, 5.74) is 3.29. The van der Waals surface area contributed by atoms with E-state index in [0.29, 0.717) is 10.7 Å². The molecule has 0 radical (unpaired) electrons. The molecular weight excluding hydrogens is 281 g/mol. The van der Waals surface area contributed by atoms with Gasteiger partial charge in [-0.05, 0) is 30.3 Å². The third-order valence-corrected chi connectivity index (χ3v) is 3.12. The summed E-state index contributed by atoms with van der Waals surface area (Å²) in [5.74, 6) is 4.48. The van der Waals surface area contributed by atoms with E-state index in [4.69, 9.17) is 17.4 Å². The number of carbonyl (C=O) groups is 1. The van der Waals surface area contributed by atoms with Gasteiger partial charge in [-0.25, -0.2) is 4.39 Å². The van der Waals surface area contributed by atoms with Gasteiger partial charge in [0.05, 0.1) is 16.9 Å². The SMILES string of the molecule is CN(C(=O)c1cc(Cl)ccc1NN)c1ccccc1F. The summed E-state index contributed by atoms with van der Waals surface area (Å²) >= 11 is 5.89. The second-order valence-electron chi connectivity index (χ2n) is 4.15. The van der Waals surface area contributed by atoms with Crippen molar-refractivity contribution in [3.05, 3.63) is 58.9 Å². The minimum Gasteiger partial charge on any atom is -0.323 e. The molecule has 2 aromatic rings. The number of hydrogen-bond donors (Lipinski definition) is 2. The molecule has 0 spiro atoms. The first-order valence-electron chi connectivity index (χ1n) is 5.83. The van der Waals surface area contributed by atoms with Crippen LogP contribution in [0, 0.1) is 5.82 Å². The van der Waals surface area contributed by atoms with E-state index in [2.05, 4.69) is 5.43 Å². The molecule has 3 N–H and O–H groups in total. The minimum atomic E-state index is -0.479. The second kappa shape index (κ2) is 5.90. The highest BCUT2D eigenvalue weighted by atomic mass is 35.5. The van der Waals surface area contributed by atoms with E-state index in [1.54, 1.807) is 24.3 Å².